The molecule has 2 rings (SSSR count). The number of benzene rings is 1. The van der Waals surface area contributed by atoms with Gasteiger partial charge in [0.1, 0.15) is 5.75 Å². The number of thioether (sulfide) groups is 1. The number of carbonyl (C=O) groups is 1. The quantitative estimate of drug-likeness (QED) is 0.851. The van der Waals surface area contributed by atoms with Crippen molar-refractivity contribution in [1.29, 1.82) is 0 Å². The van der Waals surface area contributed by atoms with Gasteiger partial charge in [0.2, 0.25) is 5.91 Å². The van der Waals surface area contributed by atoms with Crippen LogP contribution < -0.4 is 10.1 Å². The molecule has 0 spiro atoms. The fraction of sp³-hybridized carbons (Fsp3) is 0.500. The Morgan fingerprint density at radius 1 is 1.58 bits per heavy atom. The van der Waals surface area contributed by atoms with Gasteiger partial charge in [0.15, 0.2) is 0 Å². The summed E-state index contributed by atoms with van der Waals surface area (Å²) in [7, 11) is 1.65. The lowest BCUT2D eigenvalue weighted by molar-refractivity contribution is -0.131. The van der Waals surface area contributed by atoms with Crippen molar-refractivity contribution in [3.05, 3.63) is 24.3 Å². The molecule has 0 radical (unpaired) electrons. The van der Waals surface area contributed by atoms with Gasteiger partial charge in [-0.3, -0.25) is 4.79 Å². The van der Waals surface area contributed by atoms with E-state index in [4.69, 9.17) is 4.74 Å². The van der Waals surface area contributed by atoms with E-state index in [0.29, 0.717) is 5.75 Å². The van der Waals surface area contributed by atoms with Crippen LogP contribution in [0.25, 0.3) is 0 Å². The predicted octanol–water partition coefficient (Wildman–Crippen LogP) is 1.61. The average Bonchev–Trinajstić information content (AvgIpc) is 2.45. The highest BCUT2D eigenvalue weighted by atomic mass is 32.2. The summed E-state index contributed by atoms with van der Waals surface area (Å²) in [6, 6.07) is 8.09. The molecule has 1 aliphatic heterocycles. The van der Waals surface area contributed by atoms with Crippen molar-refractivity contribution in [2.24, 2.45) is 0 Å². The zero-order valence-electron chi connectivity index (χ0n) is 11.4. The number of methoxy groups -OCH3 is 1. The molecule has 1 fully saturated rings. The standard InChI is InChI=1S/C14H20N2O2S/c1-11-9-15-6-7-16(11)14(17)10-19-13-5-3-4-12(8-13)18-2/h3-5,8,11,15H,6-7,9-10H2,1-2H3/t11-/m0/s1. The van der Waals surface area contributed by atoms with Crippen LogP contribution in [0.5, 0.6) is 5.75 Å². The Labute approximate surface area is 118 Å². The second-order valence-electron chi connectivity index (χ2n) is 4.61. The van der Waals surface area contributed by atoms with Gasteiger partial charge in [-0.2, -0.15) is 0 Å². The van der Waals surface area contributed by atoms with Crippen LogP contribution in [0, 0.1) is 0 Å². The Kier molecular flexibility index (Phi) is 5.10. The first-order valence-corrected chi connectivity index (χ1v) is 7.46. The largest absolute Gasteiger partial charge is 0.497 e. The number of hydrogen-bond acceptors (Lipinski definition) is 4. The minimum Gasteiger partial charge on any atom is -0.497 e. The fourth-order valence-electron chi connectivity index (χ4n) is 2.13. The van der Waals surface area contributed by atoms with Crippen LogP contribution in [0.15, 0.2) is 29.2 Å². The Hall–Kier alpha value is -1.20. The zero-order valence-corrected chi connectivity index (χ0v) is 12.2. The van der Waals surface area contributed by atoms with Crippen molar-refractivity contribution in [2.45, 2.75) is 17.9 Å². The summed E-state index contributed by atoms with van der Waals surface area (Å²) in [6.07, 6.45) is 0. The lowest BCUT2D eigenvalue weighted by Gasteiger charge is -2.33. The van der Waals surface area contributed by atoms with E-state index >= 15 is 0 Å². The Morgan fingerprint density at radius 3 is 3.16 bits per heavy atom. The van der Waals surface area contributed by atoms with E-state index in [1.54, 1.807) is 18.9 Å². The topological polar surface area (TPSA) is 41.6 Å². The lowest BCUT2D eigenvalue weighted by atomic mass is 10.2. The van der Waals surface area contributed by atoms with Crippen LogP contribution in [0.4, 0.5) is 0 Å². The van der Waals surface area contributed by atoms with Gasteiger partial charge >= 0.3 is 0 Å². The van der Waals surface area contributed by atoms with Crippen molar-refractivity contribution in [3.63, 3.8) is 0 Å². The third-order valence-electron chi connectivity index (χ3n) is 3.23. The molecule has 1 heterocycles. The molecule has 0 unspecified atom stereocenters. The number of piperazine rings is 1. The number of rotatable bonds is 4. The van der Waals surface area contributed by atoms with Crippen LogP contribution in [-0.4, -0.2) is 49.3 Å². The number of carbonyl (C=O) groups excluding carboxylic acids is 1. The molecule has 1 aliphatic rings. The summed E-state index contributed by atoms with van der Waals surface area (Å²) < 4.78 is 5.18. The Balaban J connectivity index is 1.88. The molecule has 1 aromatic rings. The Morgan fingerprint density at radius 2 is 2.42 bits per heavy atom. The van der Waals surface area contributed by atoms with Crippen molar-refractivity contribution < 1.29 is 9.53 Å². The maximum atomic E-state index is 12.2. The molecule has 1 saturated heterocycles. The van der Waals surface area contributed by atoms with E-state index in [2.05, 4.69) is 12.2 Å². The summed E-state index contributed by atoms with van der Waals surface area (Å²) >= 11 is 1.56. The van der Waals surface area contributed by atoms with Gasteiger partial charge in [-0.05, 0) is 25.1 Å². The second-order valence-corrected chi connectivity index (χ2v) is 5.66. The number of nitrogens with zero attached hydrogens (tertiary/aromatic N) is 1. The van der Waals surface area contributed by atoms with E-state index in [-0.39, 0.29) is 11.9 Å². The van der Waals surface area contributed by atoms with E-state index in [1.165, 1.54) is 0 Å². The molecule has 4 nitrogen and oxygen atoms in total. The van der Waals surface area contributed by atoms with Crippen LogP contribution in [-0.2, 0) is 4.79 Å². The van der Waals surface area contributed by atoms with Crippen molar-refractivity contribution >= 4 is 17.7 Å². The molecule has 0 bridgehead atoms. The highest BCUT2D eigenvalue weighted by Gasteiger charge is 2.22. The minimum absolute atomic E-state index is 0.210. The molecule has 0 saturated carbocycles. The van der Waals surface area contributed by atoms with Gasteiger partial charge in [0, 0.05) is 30.6 Å². The summed E-state index contributed by atoms with van der Waals surface area (Å²) in [5.41, 5.74) is 0. The van der Waals surface area contributed by atoms with Crippen LogP contribution in [0.3, 0.4) is 0 Å². The van der Waals surface area contributed by atoms with E-state index in [0.717, 1.165) is 30.3 Å². The fourth-order valence-corrected chi connectivity index (χ4v) is 2.96. The van der Waals surface area contributed by atoms with E-state index in [1.807, 2.05) is 29.2 Å². The second kappa shape index (κ2) is 6.82. The summed E-state index contributed by atoms with van der Waals surface area (Å²) in [4.78, 5) is 15.2. The third kappa shape index (κ3) is 3.88. The highest BCUT2D eigenvalue weighted by Crippen LogP contribution is 2.23. The first-order valence-electron chi connectivity index (χ1n) is 6.47. The molecule has 0 aromatic heterocycles. The smallest absolute Gasteiger partial charge is 0.233 e. The number of ether oxygens (including phenoxy) is 1. The van der Waals surface area contributed by atoms with Gasteiger partial charge in [0.25, 0.3) is 0 Å². The zero-order chi connectivity index (χ0) is 13.7. The van der Waals surface area contributed by atoms with Crippen LogP contribution >= 0.6 is 11.8 Å². The molecule has 1 aromatic carbocycles. The van der Waals surface area contributed by atoms with Gasteiger partial charge in [-0.1, -0.05) is 6.07 Å². The molecule has 1 amide bonds. The molecular weight excluding hydrogens is 260 g/mol. The molecule has 5 heteroatoms. The van der Waals surface area contributed by atoms with Crippen molar-refractivity contribution in [1.82, 2.24) is 10.2 Å². The SMILES string of the molecule is COc1cccc(SCC(=O)N2CCNC[C@@H]2C)c1. The first kappa shape index (κ1) is 14.2. The van der Waals surface area contributed by atoms with Crippen molar-refractivity contribution in [2.75, 3.05) is 32.5 Å². The predicted molar refractivity (Wildman–Crippen MR) is 77.8 cm³/mol. The summed E-state index contributed by atoms with van der Waals surface area (Å²) in [5.74, 6) is 1.52. The molecule has 0 aliphatic carbocycles. The maximum Gasteiger partial charge on any atom is 0.233 e. The molecular formula is C14H20N2O2S. The summed E-state index contributed by atoms with van der Waals surface area (Å²) in [5, 5.41) is 3.29. The van der Waals surface area contributed by atoms with E-state index < -0.39 is 0 Å². The molecule has 104 valence electrons. The van der Waals surface area contributed by atoms with Gasteiger partial charge in [0.05, 0.1) is 12.9 Å². The normalized spacial score (nSPS) is 19.3. The average molecular weight is 280 g/mol. The van der Waals surface area contributed by atoms with Crippen LogP contribution in [0.2, 0.25) is 0 Å². The maximum absolute atomic E-state index is 12.2. The lowest BCUT2D eigenvalue weighted by Crippen LogP contribution is -2.52. The minimum atomic E-state index is 0.210. The van der Waals surface area contributed by atoms with Crippen LogP contribution in [0.1, 0.15) is 6.92 Å². The van der Waals surface area contributed by atoms with Gasteiger partial charge in [-0.25, -0.2) is 0 Å². The molecule has 1 atom stereocenters. The van der Waals surface area contributed by atoms with Gasteiger partial charge < -0.3 is 15.0 Å². The number of nitrogens with one attached hydrogen (secondary N) is 1. The monoisotopic (exact) mass is 280 g/mol. The highest BCUT2D eigenvalue weighted by molar-refractivity contribution is 8.00. The Bertz CT molecular complexity index is 439. The summed E-state index contributed by atoms with van der Waals surface area (Å²) in [6.45, 7) is 4.66. The van der Waals surface area contributed by atoms with Crippen molar-refractivity contribution in [3.8, 4) is 5.75 Å². The number of amides is 1. The van der Waals surface area contributed by atoms with Gasteiger partial charge in [-0.15, -0.1) is 11.8 Å². The third-order valence-corrected chi connectivity index (χ3v) is 4.20. The number of hydrogen-bond donors (Lipinski definition) is 1. The van der Waals surface area contributed by atoms with E-state index in [9.17, 15) is 4.79 Å². The molecule has 1 N–H and O–H groups in total. The first-order chi connectivity index (χ1) is 9.20. The molecule has 19 heavy (non-hydrogen) atoms.